The number of hydrogen-bond donors (Lipinski definition) is 3. The van der Waals surface area contributed by atoms with Gasteiger partial charge in [0, 0.05) is 17.7 Å². The third kappa shape index (κ3) is 4.20. The fraction of sp³-hybridized carbons (Fsp3) is 0.500. The summed E-state index contributed by atoms with van der Waals surface area (Å²) in [5, 5.41) is 19.6. The summed E-state index contributed by atoms with van der Waals surface area (Å²) in [5.74, 6) is 0.960. The van der Waals surface area contributed by atoms with Crippen molar-refractivity contribution in [3.8, 4) is 11.4 Å². The van der Waals surface area contributed by atoms with E-state index in [1.54, 1.807) is 12.1 Å². The van der Waals surface area contributed by atoms with Crippen molar-refractivity contribution in [2.75, 3.05) is 6.54 Å². The van der Waals surface area contributed by atoms with Gasteiger partial charge in [-0.25, -0.2) is 4.98 Å². The lowest BCUT2D eigenvalue weighted by atomic mass is 9.83. The molecule has 3 N–H and O–H groups in total. The second kappa shape index (κ2) is 8.06. The Morgan fingerprint density at radius 2 is 2.21 bits per heavy atom. The van der Waals surface area contributed by atoms with Crippen LogP contribution in [0.25, 0.3) is 11.4 Å². The van der Waals surface area contributed by atoms with Crippen molar-refractivity contribution in [3.63, 3.8) is 0 Å². The number of aliphatic hydroxyl groups is 1. The predicted octanol–water partition coefficient (Wildman–Crippen LogP) is 2.53. The molecule has 6 nitrogen and oxygen atoms in total. The number of carbonyl (C=O) groups excluding carboxylic acids is 1. The molecule has 1 aromatic heterocycles. The quantitative estimate of drug-likeness (QED) is 0.711. The van der Waals surface area contributed by atoms with E-state index in [1.165, 1.54) is 12.7 Å². The van der Waals surface area contributed by atoms with E-state index in [-0.39, 0.29) is 12.0 Å². The number of aromatic amines is 1. The number of carbonyl (C=O) groups is 1. The number of nitrogens with zero attached hydrogens (tertiary/aromatic N) is 2. The highest BCUT2D eigenvalue weighted by Gasteiger charge is 2.22. The van der Waals surface area contributed by atoms with Crippen LogP contribution in [0.4, 0.5) is 0 Å². The molecule has 6 heteroatoms. The molecule has 0 aliphatic heterocycles. The molecular weight excluding hydrogens is 304 g/mol. The molecule has 24 heavy (non-hydrogen) atoms. The Hall–Kier alpha value is -2.21. The Morgan fingerprint density at radius 1 is 1.33 bits per heavy atom. The highest BCUT2D eigenvalue weighted by Crippen LogP contribution is 2.27. The van der Waals surface area contributed by atoms with E-state index in [2.05, 4.69) is 20.5 Å². The van der Waals surface area contributed by atoms with Crippen molar-refractivity contribution in [2.24, 2.45) is 5.92 Å². The third-order valence-electron chi connectivity index (χ3n) is 4.72. The molecular formula is C18H24N4O2. The molecule has 1 heterocycles. The maximum Gasteiger partial charge on any atom is 0.251 e. The summed E-state index contributed by atoms with van der Waals surface area (Å²) in [6.07, 6.45) is 7.53. The Labute approximate surface area is 141 Å². The first-order valence-electron chi connectivity index (χ1n) is 8.66. The number of amides is 1. The molecule has 128 valence electrons. The second-order valence-electron chi connectivity index (χ2n) is 6.42. The number of aromatic nitrogens is 3. The van der Waals surface area contributed by atoms with Crippen LogP contribution in [-0.4, -0.2) is 38.8 Å². The maximum absolute atomic E-state index is 12.3. The zero-order valence-electron chi connectivity index (χ0n) is 13.7. The van der Waals surface area contributed by atoms with Crippen LogP contribution < -0.4 is 5.32 Å². The molecule has 2 unspecified atom stereocenters. The molecule has 1 aliphatic rings. The molecule has 1 amide bonds. The second-order valence-corrected chi connectivity index (χ2v) is 6.42. The van der Waals surface area contributed by atoms with Gasteiger partial charge >= 0.3 is 0 Å². The van der Waals surface area contributed by atoms with E-state index in [1.807, 2.05) is 12.1 Å². The first-order valence-corrected chi connectivity index (χ1v) is 8.66. The van der Waals surface area contributed by atoms with Gasteiger partial charge in [0.1, 0.15) is 6.33 Å². The van der Waals surface area contributed by atoms with Gasteiger partial charge in [0.2, 0.25) is 0 Å². The minimum absolute atomic E-state index is 0.0828. The Balaban J connectivity index is 1.48. The van der Waals surface area contributed by atoms with Crippen LogP contribution in [0, 0.1) is 5.92 Å². The lowest BCUT2D eigenvalue weighted by Crippen LogP contribution is -2.28. The Kier molecular flexibility index (Phi) is 5.59. The van der Waals surface area contributed by atoms with Crippen molar-refractivity contribution < 1.29 is 9.90 Å². The summed E-state index contributed by atoms with van der Waals surface area (Å²) in [7, 11) is 0. The number of nitrogens with one attached hydrogen (secondary N) is 2. The van der Waals surface area contributed by atoms with Gasteiger partial charge in [0.05, 0.1) is 6.10 Å². The van der Waals surface area contributed by atoms with Gasteiger partial charge in [-0.1, -0.05) is 25.0 Å². The van der Waals surface area contributed by atoms with E-state index in [0.29, 0.717) is 23.9 Å². The normalized spacial score (nSPS) is 20.7. The van der Waals surface area contributed by atoms with Crippen molar-refractivity contribution >= 4 is 5.91 Å². The monoisotopic (exact) mass is 328 g/mol. The van der Waals surface area contributed by atoms with Gasteiger partial charge in [-0.2, -0.15) is 5.10 Å². The summed E-state index contributed by atoms with van der Waals surface area (Å²) >= 11 is 0. The molecule has 3 rings (SSSR count). The minimum Gasteiger partial charge on any atom is -0.393 e. The standard InChI is InChI=1S/C18H24N4O2/c23-16-9-2-1-5-13(16)8-4-10-19-18(24)15-7-3-6-14(11-15)17-20-12-21-22-17/h3,6-7,11-13,16,23H,1-2,4-5,8-10H2,(H,19,24)(H,20,21,22). The lowest BCUT2D eigenvalue weighted by molar-refractivity contribution is 0.0641. The smallest absolute Gasteiger partial charge is 0.251 e. The average molecular weight is 328 g/mol. The molecule has 0 spiro atoms. The van der Waals surface area contributed by atoms with Gasteiger partial charge in [-0.3, -0.25) is 9.89 Å². The van der Waals surface area contributed by atoms with Crippen molar-refractivity contribution in [1.82, 2.24) is 20.5 Å². The van der Waals surface area contributed by atoms with Gasteiger partial charge in [0.25, 0.3) is 5.91 Å². The molecule has 2 atom stereocenters. The minimum atomic E-state index is -0.159. The number of H-pyrrole nitrogens is 1. The van der Waals surface area contributed by atoms with Crippen LogP contribution >= 0.6 is 0 Å². The zero-order valence-corrected chi connectivity index (χ0v) is 13.7. The number of hydrogen-bond acceptors (Lipinski definition) is 4. The molecule has 1 fully saturated rings. The molecule has 0 radical (unpaired) electrons. The summed E-state index contributed by atoms with van der Waals surface area (Å²) < 4.78 is 0. The molecule has 1 saturated carbocycles. The molecule has 0 saturated heterocycles. The summed E-state index contributed by atoms with van der Waals surface area (Å²) in [4.78, 5) is 16.4. The molecule has 0 bridgehead atoms. The van der Waals surface area contributed by atoms with E-state index in [4.69, 9.17) is 0 Å². The van der Waals surface area contributed by atoms with Crippen molar-refractivity contribution in [3.05, 3.63) is 36.2 Å². The zero-order chi connectivity index (χ0) is 16.8. The van der Waals surface area contributed by atoms with Gasteiger partial charge in [0.15, 0.2) is 5.82 Å². The summed E-state index contributed by atoms with van der Waals surface area (Å²) in [5.41, 5.74) is 1.45. The predicted molar refractivity (Wildman–Crippen MR) is 91.4 cm³/mol. The Bertz CT molecular complexity index is 657. The van der Waals surface area contributed by atoms with Gasteiger partial charge in [-0.05, 0) is 43.7 Å². The largest absolute Gasteiger partial charge is 0.393 e. The van der Waals surface area contributed by atoms with E-state index >= 15 is 0 Å². The van der Waals surface area contributed by atoms with Crippen LogP contribution in [0.5, 0.6) is 0 Å². The summed E-state index contributed by atoms with van der Waals surface area (Å²) in [6, 6.07) is 7.33. The topological polar surface area (TPSA) is 90.9 Å². The van der Waals surface area contributed by atoms with E-state index < -0.39 is 0 Å². The number of aliphatic hydroxyl groups excluding tert-OH is 1. The first-order chi connectivity index (χ1) is 11.7. The third-order valence-corrected chi connectivity index (χ3v) is 4.72. The SMILES string of the molecule is O=C(NCCCC1CCCCC1O)c1cccc(-c2ncn[nH]2)c1. The molecule has 2 aromatic rings. The summed E-state index contributed by atoms with van der Waals surface area (Å²) in [6.45, 7) is 0.634. The van der Waals surface area contributed by atoms with Crippen LogP contribution in [0.1, 0.15) is 48.9 Å². The number of rotatable bonds is 6. The fourth-order valence-corrected chi connectivity index (χ4v) is 3.35. The maximum atomic E-state index is 12.3. The van der Waals surface area contributed by atoms with E-state index in [9.17, 15) is 9.90 Å². The van der Waals surface area contributed by atoms with Crippen LogP contribution in [0.2, 0.25) is 0 Å². The fourth-order valence-electron chi connectivity index (χ4n) is 3.35. The van der Waals surface area contributed by atoms with Gasteiger partial charge in [-0.15, -0.1) is 0 Å². The molecule has 1 aliphatic carbocycles. The van der Waals surface area contributed by atoms with Crippen molar-refractivity contribution in [1.29, 1.82) is 0 Å². The van der Waals surface area contributed by atoms with Crippen LogP contribution in [0.15, 0.2) is 30.6 Å². The molecule has 1 aromatic carbocycles. The van der Waals surface area contributed by atoms with Crippen LogP contribution in [0.3, 0.4) is 0 Å². The van der Waals surface area contributed by atoms with E-state index in [0.717, 1.165) is 37.7 Å². The highest BCUT2D eigenvalue weighted by atomic mass is 16.3. The lowest BCUT2D eigenvalue weighted by Gasteiger charge is -2.27. The van der Waals surface area contributed by atoms with Crippen molar-refractivity contribution in [2.45, 2.75) is 44.6 Å². The first kappa shape index (κ1) is 16.6. The number of benzene rings is 1. The average Bonchev–Trinajstić information content (AvgIpc) is 3.15. The highest BCUT2D eigenvalue weighted by molar-refractivity contribution is 5.95. The van der Waals surface area contributed by atoms with Crippen LogP contribution in [-0.2, 0) is 0 Å². The van der Waals surface area contributed by atoms with Gasteiger partial charge < -0.3 is 10.4 Å². The Morgan fingerprint density at radius 3 is 3.00 bits per heavy atom.